The summed E-state index contributed by atoms with van der Waals surface area (Å²) in [5, 5.41) is 18.3. The molecule has 4 saturated heterocycles. The first-order valence-electron chi connectivity index (χ1n) is 33.0. The molecule has 96 heavy (non-hydrogen) atoms. The third kappa shape index (κ3) is 25.7. The van der Waals surface area contributed by atoms with Crippen molar-refractivity contribution < 1.29 is 76.0 Å². The molecule has 3 aromatic rings. The van der Waals surface area contributed by atoms with Gasteiger partial charge >= 0.3 is 5.97 Å². The molecule has 2 unspecified atom stereocenters. The van der Waals surface area contributed by atoms with E-state index in [4.69, 9.17) is 20.6 Å². The van der Waals surface area contributed by atoms with Crippen LogP contribution >= 0.6 is 34.4 Å². The predicted molar refractivity (Wildman–Crippen MR) is 362 cm³/mol. The van der Waals surface area contributed by atoms with Gasteiger partial charge in [0.05, 0.1) is 55.2 Å². The van der Waals surface area contributed by atoms with Crippen molar-refractivity contribution in [2.75, 3.05) is 131 Å². The fourth-order valence-corrected chi connectivity index (χ4v) is 13.8. The Hall–Kier alpha value is -7.11. The average molecular weight is 1470 g/mol. The average Bonchev–Trinajstić information content (AvgIpc) is 1.81. The molecule has 5 heterocycles. The second-order valence-corrected chi connectivity index (χ2v) is 27.2. The maximum absolute atomic E-state index is 14.1. The number of nitrogens with one attached hydrogen (secondary N) is 3. The van der Waals surface area contributed by atoms with Crippen molar-refractivity contribution in [1.29, 1.82) is 0 Å². The number of aromatic nitrogens is 1. The molecule has 4 aliphatic rings. The number of pyridine rings is 1. The molecule has 1 aromatic heterocycles. The van der Waals surface area contributed by atoms with Crippen molar-refractivity contribution in [3.63, 3.8) is 0 Å². The number of carbonyl (C=O) groups is 10. The number of carboxylic acid groups (broad SMARTS) is 1. The zero-order chi connectivity index (χ0) is 68.8. The maximum atomic E-state index is 14.1. The Labute approximate surface area is 577 Å². The second kappa shape index (κ2) is 39.9. The van der Waals surface area contributed by atoms with Gasteiger partial charge in [-0.25, -0.2) is 8.78 Å². The smallest absolute Gasteiger partial charge is 0.317 e. The Balaban J connectivity index is 0.837. The zero-order valence-corrected chi connectivity index (χ0v) is 57.3. The molecule has 4 N–H and O–H groups in total. The van der Waals surface area contributed by atoms with Gasteiger partial charge < -0.3 is 45.1 Å². The van der Waals surface area contributed by atoms with Crippen LogP contribution in [-0.4, -0.2) is 258 Å². The van der Waals surface area contributed by atoms with E-state index in [1.54, 1.807) is 23.1 Å². The van der Waals surface area contributed by atoms with Gasteiger partial charge in [-0.3, -0.25) is 77.4 Å². The van der Waals surface area contributed by atoms with E-state index in [2.05, 4.69) is 61.6 Å². The molecule has 2 aromatic carbocycles. The third-order valence-corrected chi connectivity index (χ3v) is 19.7. The van der Waals surface area contributed by atoms with Gasteiger partial charge in [0, 0.05) is 131 Å². The highest BCUT2D eigenvalue weighted by Gasteiger charge is 2.46. The van der Waals surface area contributed by atoms with Crippen LogP contribution in [0.1, 0.15) is 106 Å². The number of hydrogen-bond acceptors (Lipinski definition) is 19. The molecule has 0 saturated carbocycles. The number of unbranched alkanes of at least 4 members (excludes halogenated alkanes) is 2. The predicted octanol–water partition coefficient (Wildman–Crippen LogP) is 4.23. The largest absolute Gasteiger partial charge is 0.494 e. The molecular weight excluding hydrogens is 1380 g/mol. The lowest BCUT2D eigenvalue weighted by Gasteiger charge is -2.33. The van der Waals surface area contributed by atoms with E-state index in [0.29, 0.717) is 158 Å². The fourth-order valence-electron chi connectivity index (χ4n) is 12.2. The Morgan fingerprint density at radius 1 is 0.792 bits per heavy atom. The molecule has 0 spiro atoms. The van der Waals surface area contributed by atoms with Crippen LogP contribution in [0.4, 0.5) is 8.78 Å². The lowest BCUT2D eigenvalue weighted by atomic mass is 9.91. The molecule has 0 bridgehead atoms. The van der Waals surface area contributed by atoms with E-state index in [9.17, 15) is 61.8 Å². The van der Waals surface area contributed by atoms with Crippen LogP contribution in [0.2, 0.25) is 0 Å². The molecule has 524 valence electrons. The number of aryl methyl sites for hydroxylation is 1. The van der Waals surface area contributed by atoms with E-state index < -0.39 is 60.6 Å². The number of ether oxygens (including phenoxy) is 3. The van der Waals surface area contributed by atoms with Gasteiger partial charge in [-0.15, -0.1) is 18.2 Å². The summed E-state index contributed by atoms with van der Waals surface area (Å²) in [6, 6.07) is 13.4. The minimum Gasteiger partial charge on any atom is -0.494 e. The summed E-state index contributed by atoms with van der Waals surface area (Å²) in [7, 11) is 0. The number of hydrogen-bond donors (Lipinski definition) is 4. The van der Waals surface area contributed by atoms with Gasteiger partial charge in [0.15, 0.2) is 0 Å². The Morgan fingerprint density at radius 2 is 1.47 bits per heavy atom. The molecule has 3 atom stereocenters. The van der Waals surface area contributed by atoms with Gasteiger partial charge in [0.25, 0.3) is 24.8 Å². The number of amides is 7. The number of terminal acetylenes is 1. The van der Waals surface area contributed by atoms with Crippen molar-refractivity contribution in [2.45, 2.75) is 120 Å². The van der Waals surface area contributed by atoms with Gasteiger partial charge in [0.2, 0.25) is 35.4 Å². The number of thioether (sulfide) groups is 1. The van der Waals surface area contributed by atoms with Crippen LogP contribution < -0.4 is 20.7 Å². The fraction of sp³-hybridized carbons (Fsp3) is 0.597. The highest BCUT2D eigenvalue weighted by atomic mass is 127. The topological polar surface area (TPSA) is 290 Å². The molecule has 7 amide bonds. The van der Waals surface area contributed by atoms with Crippen LogP contribution in [0.3, 0.4) is 0 Å². The minimum absolute atomic E-state index is 0.00396. The molecule has 29 heteroatoms. The maximum Gasteiger partial charge on any atom is 0.317 e. The number of carbonyl (C=O) groups excluding carboxylic acids is 9. The monoisotopic (exact) mass is 1470 g/mol. The van der Waals surface area contributed by atoms with Crippen molar-refractivity contribution >= 4 is 106 Å². The number of piperidine rings is 1. The van der Waals surface area contributed by atoms with Crippen LogP contribution in [0.5, 0.6) is 5.75 Å². The van der Waals surface area contributed by atoms with E-state index in [1.165, 1.54) is 34.5 Å². The number of rotatable bonds is 36. The van der Waals surface area contributed by atoms with E-state index in [0.717, 1.165) is 47.0 Å². The molecule has 4 fully saturated rings. The van der Waals surface area contributed by atoms with Crippen LogP contribution in [-0.2, 0) is 59.0 Å². The number of halogens is 3. The van der Waals surface area contributed by atoms with Gasteiger partial charge in [0.1, 0.15) is 19.2 Å². The number of aliphatic carboxylic acids is 1. The molecule has 4 aliphatic heterocycles. The molecule has 25 nitrogen and oxygen atoms in total. The number of nitrogens with zero attached hydrogens (tertiary/aromatic N) is 8. The summed E-state index contributed by atoms with van der Waals surface area (Å²) in [6.45, 7) is 4.18. The minimum atomic E-state index is -3.10. The molecular formula is C67H90F2IN11O14S. The Morgan fingerprint density at radius 3 is 2.14 bits per heavy atom. The van der Waals surface area contributed by atoms with Crippen molar-refractivity contribution in [3.05, 3.63) is 69.4 Å². The van der Waals surface area contributed by atoms with Gasteiger partial charge in [-0.2, -0.15) is 0 Å². The third-order valence-electron chi connectivity index (χ3n) is 17.6. The van der Waals surface area contributed by atoms with Crippen molar-refractivity contribution in [3.8, 4) is 18.1 Å². The van der Waals surface area contributed by atoms with E-state index in [-0.39, 0.29) is 81.0 Å². The Bertz CT molecular complexity index is 3140. The first kappa shape index (κ1) is 76.3. The Kier molecular flexibility index (Phi) is 31.7. The zero-order valence-electron chi connectivity index (χ0n) is 54.4. The number of alkyl halides is 2. The summed E-state index contributed by atoms with van der Waals surface area (Å²) in [5.41, 5.74) is 1.94. The summed E-state index contributed by atoms with van der Waals surface area (Å²) >= 11 is 3.56. The molecule has 0 radical (unpaired) electrons. The SMILES string of the molecule is C#C[C@H]1CC(F)(F)CN1C(=O)CNC(=O)c1ccnc2ccc(OCCCCC3CCN(C(=O)CCCN4C(=O)CC(SCC(CCCCNC(=O)CCCc5ccc(I)cc5)NC(=O)CN5CCN(COC=O)CCN(COC=O)CCN(CC(=O)O)CC5)C4=O)CC3)cc12. The molecule has 0 aliphatic carbocycles. The van der Waals surface area contributed by atoms with Crippen LogP contribution in [0, 0.1) is 21.8 Å². The summed E-state index contributed by atoms with van der Waals surface area (Å²) in [5.74, 6) is -2.91. The number of benzene rings is 2. The highest BCUT2D eigenvalue weighted by molar-refractivity contribution is 14.1. The van der Waals surface area contributed by atoms with Crippen molar-refractivity contribution in [1.82, 2.24) is 55.2 Å². The normalized spacial score (nSPS) is 19.0. The number of carboxylic acids is 1. The van der Waals surface area contributed by atoms with E-state index >= 15 is 0 Å². The van der Waals surface area contributed by atoms with Gasteiger partial charge in [-0.1, -0.05) is 24.5 Å². The summed E-state index contributed by atoms with van der Waals surface area (Å²) in [6.07, 6.45) is 14.7. The number of fused-ring (bicyclic) bond motifs is 1. The summed E-state index contributed by atoms with van der Waals surface area (Å²) in [4.78, 5) is 143. The van der Waals surface area contributed by atoms with E-state index in [1.807, 2.05) is 31.7 Å². The van der Waals surface area contributed by atoms with Gasteiger partial charge in [-0.05, 0) is 135 Å². The van der Waals surface area contributed by atoms with Crippen LogP contribution in [0.15, 0.2) is 54.7 Å². The number of likely N-dealkylation sites (tertiary alicyclic amines) is 3. The lowest BCUT2D eigenvalue weighted by molar-refractivity contribution is -0.140. The number of imide groups is 1. The quantitative estimate of drug-likeness (QED) is 0.0208. The first-order chi connectivity index (χ1) is 46.3. The molecule has 7 rings (SSSR count). The standard InChI is InChI=1S/C67H90F2IN11O14S/c1-2-53-39-67(68,69)44-81(53)63(88)40-73-65(91)55-20-24-71-57-19-18-54(37-56(55)57)95-36-6-4-9-50-21-26-79(27-22-50)61(86)13-8-25-80-62(87)38-58(66(80)92)96-43-52(11-3-5-23-72-59(84)12-7-10-49-14-16-51(70)17-15-49)74-60(85)41-75-28-29-76(42-64(89)90)31-33-78(46-94-48-83)35-34-77(32-30-75)45-93-47-82/h1,14-20,24,37,47-48,50,52-53,58H,3-13,21-23,25-36,38-46H2,(H,72,84)(H,73,91)(H,74,85)(H,89,90)/t52?,53-,58?/m0/s1. The first-order valence-corrected chi connectivity index (χ1v) is 35.1. The highest BCUT2D eigenvalue weighted by Crippen LogP contribution is 2.32. The summed E-state index contributed by atoms with van der Waals surface area (Å²) < 4.78 is 45.3. The van der Waals surface area contributed by atoms with Crippen LogP contribution in [0.25, 0.3) is 10.9 Å². The lowest BCUT2D eigenvalue weighted by Crippen LogP contribution is -2.50. The van der Waals surface area contributed by atoms with Crippen molar-refractivity contribution in [2.24, 2.45) is 5.92 Å². The second-order valence-electron chi connectivity index (χ2n) is 24.7.